The lowest BCUT2D eigenvalue weighted by Crippen LogP contribution is -2.24. The molecule has 0 heterocycles. The van der Waals surface area contributed by atoms with Crippen LogP contribution in [0.5, 0.6) is 0 Å². The number of rotatable bonds is 3. The molecule has 0 aromatic heterocycles. The highest BCUT2D eigenvalue weighted by Crippen LogP contribution is 2.28. The smallest absolute Gasteiger partial charge is 0.274 e. The van der Waals surface area contributed by atoms with Crippen molar-refractivity contribution in [3.63, 3.8) is 0 Å². The van der Waals surface area contributed by atoms with Gasteiger partial charge in [-0.3, -0.25) is 10.1 Å². The average molecular weight is 231 g/mol. The molecule has 0 aliphatic rings. The molecular weight excluding hydrogens is 220 g/mol. The van der Waals surface area contributed by atoms with Gasteiger partial charge in [0.15, 0.2) is 0 Å². The summed E-state index contributed by atoms with van der Waals surface area (Å²) < 4.78 is 0. The third kappa shape index (κ3) is 2.65. The van der Waals surface area contributed by atoms with Crippen LogP contribution in [-0.4, -0.2) is 16.1 Å². The van der Waals surface area contributed by atoms with Gasteiger partial charge in [0.05, 0.1) is 22.6 Å². The molecule has 0 saturated carbocycles. The van der Waals surface area contributed by atoms with Crippen molar-refractivity contribution >= 4 is 17.3 Å². The lowest BCUT2D eigenvalue weighted by atomic mass is 10.0. The van der Waals surface area contributed by atoms with Gasteiger partial charge >= 0.3 is 0 Å². The highest BCUT2D eigenvalue weighted by atomic mass is 35.5. The molecule has 0 aliphatic heterocycles. The van der Waals surface area contributed by atoms with Crippen molar-refractivity contribution in [3.8, 4) is 0 Å². The first-order valence-electron chi connectivity index (χ1n) is 4.31. The van der Waals surface area contributed by atoms with E-state index in [1.54, 1.807) is 0 Å². The molecule has 0 amide bonds. The molecule has 82 valence electrons. The molecule has 1 rings (SSSR count). The molecule has 0 unspecified atom stereocenters. The van der Waals surface area contributed by atoms with Crippen molar-refractivity contribution in [2.24, 2.45) is 5.73 Å². The number of benzene rings is 1. The maximum absolute atomic E-state index is 10.7. The van der Waals surface area contributed by atoms with E-state index in [4.69, 9.17) is 17.3 Å². The van der Waals surface area contributed by atoms with E-state index in [1.807, 2.05) is 0 Å². The zero-order valence-electron chi connectivity index (χ0n) is 8.05. The first kappa shape index (κ1) is 11.9. The summed E-state index contributed by atoms with van der Waals surface area (Å²) in [7, 11) is 0. The number of nitro benzene ring substituents is 1. The second-order valence-electron chi connectivity index (χ2n) is 3.23. The van der Waals surface area contributed by atoms with Crippen LogP contribution in [0.2, 0.25) is 5.02 Å². The minimum atomic E-state index is -0.873. The predicted molar refractivity (Wildman–Crippen MR) is 56.7 cm³/mol. The van der Waals surface area contributed by atoms with E-state index in [0.717, 1.165) is 0 Å². The van der Waals surface area contributed by atoms with E-state index in [2.05, 4.69) is 0 Å². The van der Waals surface area contributed by atoms with Crippen LogP contribution in [0.25, 0.3) is 0 Å². The molecule has 0 saturated heterocycles. The summed E-state index contributed by atoms with van der Waals surface area (Å²) in [6.45, 7) is 1.47. The maximum Gasteiger partial charge on any atom is 0.274 e. The van der Waals surface area contributed by atoms with Crippen LogP contribution in [0.4, 0.5) is 5.69 Å². The molecule has 0 spiro atoms. The van der Waals surface area contributed by atoms with E-state index in [0.29, 0.717) is 5.02 Å². The summed E-state index contributed by atoms with van der Waals surface area (Å²) in [6.07, 6.45) is -0.873. The minimum absolute atomic E-state index is 0.132. The Balaban J connectivity index is 3.24. The van der Waals surface area contributed by atoms with Crippen molar-refractivity contribution < 1.29 is 10.0 Å². The van der Waals surface area contributed by atoms with Crippen LogP contribution < -0.4 is 5.73 Å². The quantitative estimate of drug-likeness (QED) is 0.610. The number of halogens is 1. The zero-order valence-corrected chi connectivity index (χ0v) is 8.81. The zero-order chi connectivity index (χ0) is 11.6. The van der Waals surface area contributed by atoms with Crippen molar-refractivity contribution in [1.29, 1.82) is 0 Å². The molecule has 1 aromatic rings. The van der Waals surface area contributed by atoms with Gasteiger partial charge in [-0.15, -0.1) is 0 Å². The minimum Gasteiger partial charge on any atom is -0.391 e. The topological polar surface area (TPSA) is 89.4 Å². The molecule has 0 fully saturated rings. The summed E-state index contributed by atoms with van der Waals surface area (Å²) >= 11 is 5.71. The number of aliphatic hydroxyl groups excluding tert-OH is 1. The number of hydrogen-bond acceptors (Lipinski definition) is 4. The van der Waals surface area contributed by atoms with E-state index < -0.39 is 17.1 Å². The first-order chi connectivity index (χ1) is 6.93. The molecule has 0 bridgehead atoms. The Labute approximate surface area is 91.6 Å². The Morgan fingerprint density at radius 1 is 1.60 bits per heavy atom. The van der Waals surface area contributed by atoms with Crippen LogP contribution in [0.1, 0.15) is 18.5 Å². The van der Waals surface area contributed by atoms with Gasteiger partial charge in [0, 0.05) is 11.1 Å². The van der Waals surface area contributed by atoms with Crippen molar-refractivity contribution in [3.05, 3.63) is 38.9 Å². The van der Waals surface area contributed by atoms with Crippen LogP contribution in [0.15, 0.2) is 18.2 Å². The summed E-state index contributed by atoms with van der Waals surface area (Å²) in [4.78, 5) is 10.1. The van der Waals surface area contributed by atoms with Gasteiger partial charge in [0.25, 0.3) is 5.69 Å². The van der Waals surface area contributed by atoms with Gasteiger partial charge in [-0.25, -0.2) is 0 Å². The molecule has 0 radical (unpaired) electrons. The summed E-state index contributed by atoms with van der Waals surface area (Å²) in [5.74, 6) is 0. The second kappa shape index (κ2) is 4.57. The molecule has 15 heavy (non-hydrogen) atoms. The Kier molecular flexibility index (Phi) is 3.62. The summed E-state index contributed by atoms with van der Waals surface area (Å²) in [5.41, 5.74) is 5.74. The lowest BCUT2D eigenvalue weighted by molar-refractivity contribution is -0.385. The standard InChI is InChI=1S/C9H11ClN2O3/c1-5(13)9(11)7-4-6(10)2-3-8(7)12(14)15/h2-5,9,13H,11H2,1H3/t5-,9-/m0/s1. The van der Waals surface area contributed by atoms with Crippen molar-refractivity contribution in [2.75, 3.05) is 0 Å². The molecule has 1 aromatic carbocycles. The monoisotopic (exact) mass is 230 g/mol. The fraction of sp³-hybridized carbons (Fsp3) is 0.333. The maximum atomic E-state index is 10.7. The van der Waals surface area contributed by atoms with Crippen molar-refractivity contribution in [1.82, 2.24) is 0 Å². The fourth-order valence-corrected chi connectivity index (χ4v) is 1.40. The van der Waals surface area contributed by atoms with Crippen LogP contribution in [0.3, 0.4) is 0 Å². The second-order valence-corrected chi connectivity index (χ2v) is 3.66. The first-order valence-corrected chi connectivity index (χ1v) is 4.68. The number of nitrogens with two attached hydrogens (primary N) is 1. The lowest BCUT2D eigenvalue weighted by Gasteiger charge is -2.15. The highest BCUT2D eigenvalue weighted by molar-refractivity contribution is 6.30. The summed E-state index contributed by atoms with van der Waals surface area (Å²) in [6, 6.07) is 3.28. The van der Waals surface area contributed by atoms with E-state index in [-0.39, 0.29) is 11.3 Å². The van der Waals surface area contributed by atoms with E-state index >= 15 is 0 Å². The van der Waals surface area contributed by atoms with Crippen LogP contribution >= 0.6 is 11.6 Å². The number of hydrogen-bond donors (Lipinski definition) is 2. The Hall–Kier alpha value is -1.17. The molecule has 0 aliphatic carbocycles. The third-order valence-corrected chi connectivity index (χ3v) is 2.30. The summed E-state index contributed by atoms with van der Waals surface area (Å²) in [5, 5.41) is 20.3. The molecule has 2 atom stereocenters. The molecular formula is C9H11ClN2O3. The Morgan fingerprint density at radius 2 is 2.20 bits per heavy atom. The Bertz CT molecular complexity index is 382. The molecule has 6 heteroatoms. The molecule has 3 N–H and O–H groups in total. The largest absolute Gasteiger partial charge is 0.391 e. The van der Waals surface area contributed by atoms with Gasteiger partial charge in [0.2, 0.25) is 0 Å². The third-order valence-electron chi connectivity index (χ3n) is 2.07. The average Bonchev–Trinajstić information content (AvgIpc) is 2.15. The Morgan fingerprint density at radius 3 is 2.67 bits per heavy atom. The number of nitrogens with zero attached hydrogens (tertiary/aromatic N) is 1. The van der Waals surface area contributed by atoms with Gasteiger partial charge in [-0.1, -0.05) is 11.6 Å². The predicted octanol–water partition coefficient (Wildman–Crippen LogP) is 1.63. The van der Waals surface area contributed by atoms with E-state index in [1.165, 1.54) is 25.1 Å². The van der Waals surface area contributed by atoms with Gasteiger partial charge in [-0.05, 0) is 19.1 Å². The molecule has 5 nitrogen and oxygen atoms in total. The SMILES string of the molecule is C[C@H](O)[C@H](N)c1cc(Cl)ccc1[N+](=O)[O-]. The van der Waals surface area contributed by atoms with Gasteiger partial charge < -0.3 is 10.8 Å². The van der Waals surface area contributed by atoms with Gasteiger partial charge in [-0.2, -0.15) is 0 Å². The van der Waals surface area contributed by atoms with E-state index in [9.17, 15) is 15.2 Å². The normalized spacial score (nSPS) is 14.7. The van der Waals surface area contributed by atoms with Crippen molar-refractivity contribution in [2.45, 2.75) is 19.1 Å². The number of aliphatic hydroxyl groups is 1. The highest BCUT2D eigenvalue weighted by Gasteiger charge is 2.22. The number of nitro groups is 1. The van der Waals surface area contributed by atoms with Gasteiger partial charge in [0.1, 0.15) is 0 Å². The van der Waals surface area contributed by atoms with Crippen LogP contribution in [0, 0.1) is 10.1 Å². The van der Waals surface area contributed by atoms with Crippen LogP contribution in [-0.2, 0) is 0 Å². The fourth-order valence-electron chi connectivity index (χ4n) is 1.22.